The van der Waals surface area contributed by atoms with Gasteiger partial charge in [-0.1, -0.05) is 12.1 Å². The van der Waals surface area contributed by atoms with Gasteiger partial charge in [0.15, 0.2) is 5.76 Å². The Hall–Kier alpha value is -3.85. The van der Waals surface area contributed by atoms with Crippen LogP contribution in [-0.2, 0) is 4.74 Å². The van der Waals surface area contributed by atoms with Crippen molar-refractivity contribution in [2.45, 2.75) is 0 Å². The van der Waals surface area contributed by atoms with Crippen molar-refractivity contribution in [3.8, 4) is 17.1 Å². The molecule has 3 N–H and O–H groups in total. The molecule has 30 heavy (non-hydrogen) atoms. The fraction of sp³-hybridized carbons (Fsp3) is 0.190. The number of hydrogen-bond donors (Lipinski definition) is 3. The number of hydrogen-bond acceptors (Lipinski definition) is 7. The Labute approximate surface area is 172 Å². The van der Waals surface area contributed by atoms with Gasteiger partial charge >= 0.3 is 5.97 Å². The van der Waals surface area contributed by atoms with Gasteiger partial charge in [0.2, 0.25) is 0 Å². The summed E-state index contributed by atoms with van der Waals surface area (Å²) in [5.74, 6) is -0.301. The molecule has 0 aliphatic carbocycles. The minimum absolute atomic E-state index is 0.185. The number of carboxylic acid groups (broad SMARTS) is 1. The van der Waals surface area contributed by atoms with E-state index in [-0.39, 0.29) is 17.5 Å². The van der Waals surface area contributed by atoms with Gasteiger partial charge < -0.3 is 29.6 Å². The standard InChI is InChI=1S/C21H21N3O6/c1-28-8-7-22-19(25)15-9-16(11-17(10-15)29-2)24-21-23-12-18(30-21)13-3-5-14(6-4-13)20(26)27/h3-6,9-12H,7-8H2,1-2H3,(H,22,25)(H,23,24)(H,26,27). The minimum atomic E-state index is -0.999. The van der Waals surface area contributed by atoms with E-state index in [9.17, 15) is 9.59 Å². The third-order valence-electron chi connectivity index (χ3n) is 4.17. The average molecular weight is 411 g/mol. The minimum Gasteiger partial charge on any atom is -0.497 e. The average Bonchev–Trinajstić information content (AvgIpc) is 3.22. The molecule has 0 fully saturated rings. The summed E-state index contributed by atoms with van der Waals surface area (Å²) < 4.78 is 15.9. The molecule has 0 radical (unpaired) electrons. The van der Waals surface area contributed by atoms with Crippen molar-refractivity contribution in [2.75, 3.05) is 32.7 Å². The SMILES string of the molecule is COCCNC(=O)c1cc(Nc2ncc(-c3ccc(C(=O)O)cc3)o2)cc(OC)c1. The molecular weight excluding hydrogens is 390 g/mol. The molecule has 1 amide bonds. The van der Waals surface area contributed by atoms with Crippen LogP contribution in [-0.4, -0.2) is 49.3 Å². The Bertz CT molecular complexity index is 1030. The Morgan fingerprint density at radius 2 is 1.87 bits per heavy atom. The summed E-state index contributed by atoms with van der Waals surface area (Å²) in [4.78, 5) is 27.5. The second kappa shape index (κ2) is 9.57. The second-order valence-electron chi connectivity index (χ2n) is 6.24. The molecule has 0 unspecified atom stereocenters. The normalized spacial score (nSPS) is 10.5. The topological polar surface area (TPSA) is 123 Å². The van der Waals surface area contributed by atoms with Gasteiger partial charge in [0.05, 0.1) is 25.5 Å². The van der Waals surface area contributed by atoms with Gasteiger partial charge in [0.1, 0.15) is 5.75 Å². The van der Waals surface area contributed by atoms with Gasteiger partial charge in [-0.25, -0.2) is 9.78 Å². The number of carbonyl (C=O) groups excluding carboxylic acids is 1. The summed E-state index contributed by atoms with van der Waals surface area (Å²) in [5.41, 5.74) is 1.83. The number of aromatic carboxylic acids is 1. The number of methoxy groups -OCH3 is 2. The molecule has 2 aromatic carbocycles. The number of ether oxygens (including phenoxy) is 2. The van der Waals surface area contributed by atoms with Crippen molar-refractivity contribution in [1.29, 1.82) is 0 Å². The molecule has 0 saturated heterocycles. The summed E-state index contributed by atoms with van der Waals surface area (Å²) in [7, 11) is 3.07. The van der Waals surface area contributed by atoms with Gasteiger partial charge in [-0.15, -0.1) is 0 Å². The molecule has 0 spiro atoms. The van der Waals surface area contributed by atoms with Crippen LogP contribution in [0.25, 0.3) is 11.3 Å². The summed E-state index contributed by atoms with van der Waals surface area (Å²) in [6.45, 7) is 0.798. The van der Waals surface area contributed by atoms with Crippen LogP contribution in [0.1, 0.15) is 20.7 Å². The molecule has 156 valence electrons. The molecule has 1 aromatic heterocycles. The first-order chi connectivity index (χ1) is 14.5. The van der Waals surface area contributed by atoms with Crippen LogP contribution in [0.5, 0.6) is 5.75 Å². The highest BCUT2D eigenvalue weighted by Crippen LogP contribution is 2.27. The fourth-order valence-electron chi connectivity index (χ4n) is 2.65. The lowest BCUT2D eigenvalue weighted by Gasteiger charge is -2.10. The Balaban J connectivity index is 1.76. The maximum Gasteiger partial charge on any atom is 0.335 e. The smallest absolute Gasteiger partial charge is 0.335 e. The summed E-state index contributed by atoms with van der Waals surface area (Å²) >= 11 is 0. The van der Waals surface area contributed by atoms with E-state index < -0.39 is 5.97 Å². The number of anilines is 2. The first kappa shape index (κ1) is 20.9. The molecule has 3 rings (SSSR count). The van der Waals surface area contributed by atoms with Crippen molar-refractivity contribution in [3.05, 3.63) is 59.8 Å². The molecule has 9 nitrogen and oxygen atoms in total. The zero-order valence-corrected chi connectivity index (χ0v) is 16.5. The predicted octanol–water partition coefficient (Wildman–Crippen LogP) is 3.17. The number of oxazole rings is 1. The van der Waals surface area contributed by atoms with Gasteiger partial charge in [-0.3, -0.25) is 4.79 Å². The molecule has 3 aromatic rings. The van der Waals surface area contributed by atoms with Crippen LogP contribution in [0.2, 0.25) is 0 Å². The van der Waals surface area contributed by atoms with E-state index in [0.29, 0.717) is 41.5 Å². The first-order valence-electron chi connectivity index (χ1n) is 9.03. The first-order valence-corrected chi connectivity index (χ1v) is 9.03. The summed E-state index contributed by atoms with van der Waals surface area (Å²) in [5, 5.41) is 14.7. The van der Waals surface area contributed by atoms with E-state index in [2.05, 4.69) is 15.6 Å². The molecule has 0 aliphatic heterocycles. The molecular formula is C21H21N3O6. The number of carbonyl (C=O) groups is 2. The quantitative estimate of drug-likeness (QED) is 0.459. The molecule has 0 atom stereocenters. The highest BCUT2D eigenvalue weighted by Gasteiger charge is 2.12. The number of rotatable bonds is 9. The highest BCUT2D eigenvalue weighted by molar-refractivity contribution is 5.95. The van der Waals surface area contributed by atoms with E-state index in [1.54, 1.807) is 37.4 Å². The summed E-state index contributed by atoms with van der Waals surface area (Å²) in [6.07, 6.45) is 1.52. The molecule has 0 saturated carbocycles. The fourth-order valence-corrected chi connectivity index (χ4v) is 2.65. The second-order valence-corrected chi connectivity index (χ2v) is 6.24. The lowest BCUT2D eigenvalue weighted by atomic mass is 10.1. The van der Waals surface area contributed by atoms with Crippen LogP contribution < -0.4 is 15.4 Å². The maximum atomic E-state index is 12.3. The van der Waals surface area contributed by atoms with E-state index in [1.807, 2.05) is 0 Å². The Kier molecular flexibility index (Phi) is 6.66. The third-order valence-corrected chi connectivity index (χ3v) is 4.17. The van der Waals surface area contributed by atoms with E-state index in [4.69, 9.17) is 19.0 Å². The monoisotopic (exact) mass is 411 g/mol. The summed E-state index contributed by atoms with van der Waals surface area (Å²) in [6, 6.07) is 11.5. The Morgan fingerprint density at radius 1 is 1.10 bits per heavy atom. The van der Waals surface area contributed by atoms with E-state index >= 15 is 0 Å². The van der Waals surface area contributed by atoms with Gasteiger partial charge in [-0.2, -0.15) is 0 Å². The van der Waals surface area contributed by atoms with E-state index in [0.717, 1.165) is 0 Å². The number of carboxylic acids is 1. The molecule has 0 bridgehead atoms. The number of nitrogens with one attached hydrogen (secondary N) is 2. The van der Waals surface area contributed by atoms with Crippen molar-refractivity contribution in [3.63, 3.8) is 0 Å². The lowest BCUT2D eigenvalue weighted by Crippen LogP contribution is -2.27. The van der Waals surface area contributed by atoms with Crippen LogP contribution >= 0.6 is 0 Å². The molecule has 0 aliphatic rings. The van der Waals surface area contributed by atoms with Crippen LogP contribution in [0.15, 0.2) is 53.1 Å². The third kappa shape index (κ3) is 5.15. The molecule has 1 heterocycles. The number of aromatic nitrogens is 1. The van der Waals surface area contributed by atoms with Crippen molar-refractivity contribution in [1.82, 2.24) is 10.3 Å². The zero-order chi connectivity index (χ0) is 21.5. The van der Waals surface area contributed by atoms with Crippen LogP contribution in [0.4, 0.5) is 11.7 Å². The van der Waals surface area contributed by atoms with E-state index in [1.165, 1.54) is 25.4 Å². The van der Waals surface area contributed by atoms with Crippen molar-refractivity contribution in [2.24, 2.45) is 0 Å². The highest BCUT2D eigenvalue weighted by atomic mass is 16.5. The number of amides is 1. The lowest BCUT2D eigenvalue weighted by molar-refractivity contribution is 0.0696. The van der Waals surface area contributed by atoms with Crippen LogP contribution in [0, 0.1) is 0 Å². The van der Waals surface area contributed by atoms with Crippen molar-refractivity contribution >= 4 is 23.6 Å². The van der Waals surface area contributed by atoms with Crippen LogP contribution in [0.3, 0.4) is 0 Å². The predicted molar refractivity (Wildman–Crippen MR) is 109 cm³/mol. The zero-order valence-electron chi connectivity index (χ0n) is 16.5. The number of benzene rings is 2. The number of nitrogens with zero attached hydrogens (tertiary/aromatic N) is 1. The van der Waals surface area contributed by atoms with Gasteiger partial charge in [0.25, 0.3) is 11.9 Å². The van der Waals surface area contributed by atoms with Gasteiger partial charge in [0, 0.05) is 36.5 Å². The van der Waals surface area contributed by atoms with Gasteiger partial charge in [-0.05, 0) is 24.3 Å². The van der Waals surface area contributed by atoms with Crippen molar-refractivity contribution < 1.29 is 28.6 Å². The largest absolute Gasteiger partial charge is 0.497 e. The molecule has 9 heteroatoms. The maximum absolute atomic E-state index is 12.3. The Morgan fingerprint density at radius 3 is 2.53 bits per heavy atom.